The maximum Gasteiger partial charge on any atom is 0.373 e. The molecule has 0 aromatic heterocycles. The predicted molar refractivity (Wildman–Crippen MR) is 63.7 cm³/mol. The number of rotatable bonds is 7. The van der Waals surface area contributed by atoms with E-state index in [0.717, 1.165) is 12.0 Å². The Bertz CT molecular complexity index is 349. The molecule has 1 rings (SSSR count). The average Bonchev–Trinajstić information content (AvgIpc) is 2.34. The third-order valence-corrected chi connectivity index (χ3v) is 2.16. The van der Waals surface area contributed by atoms with Crippen molar-refractivity contribution in [1.29, 1.82) is 0 Å². The summed E-state index contributed by atoms with van der Waals surface area (Å²) in [7, 11) is 0. The van der Waals surface area contributed by atoms with Gasteiger partial charge in [-0.3, -0.25) is 4.89 Å². The molecular formula is C13H18O4. The van der Waals surface area contributed by atoms with Crippen LogP contribution in [0.3, 0.4) is 0 Å². The van der Waals surface area contributed by atoms with Crippen molar-refractivity contribution in [2.24, 2.45) is 0 Å². The topological polar surface area (TPSA) is 44.8 Å². The van der Waals surface area contributed by atoms with Crippen molar-refractivity contribution in [3.63, 3.8) is 0 Å². The second-order valence-corrected chi connectivity index (χ2v) is 3.62. The van der Waals surface area contributed by atoms with Gasteiger partial charge in [0.2, 0.25) is 0 Å². The summed E-state index contributed by atoms with van der Waals surface area (Å²) in [4.78, 5) is 21.0. The van der Waals surface area contributed by atoms with E-state index < -0.39 is 5.97 Å². The molecular weight excluding hydrogens is 220 g/mol. The van der Waals surface area contributed by atoms with Crippen LogP contribution in [0.1, 0.15) is 29.3 Å². The highest BCUT2D eigenvalue weighted by Gasteiger charge is 2.10. The third kappa shape index (κ3) is 4.97. The fourth-order valence-electron chi connectivity index (χ4n) is 1.28. The Morgan fingerprint density at radius 2 is 1.94 bits per heavy atom. The normalized spacial score (nSPS) is 10.2. The number of carbonyl (C=O) groups is 1. The zero-order valence-corrected chi connectivity index (χ0v) is 10.3. The van der Waals surface area contributed by atoms with Crippen molar-refractivity contribution in [1.82, 2.24) is 0 Å². The molecule has 0 unspecified atom stereocenters. The third-order valence-electron chi connectivity index (χ3n) is 2.16. The Kier molecular flexibility index (Phi) is 6.29. The van der Waals surface area contributed by atoms with Gasteiger partial charge in [-0.05, 0) is 25.0 Å². The Balaban J connectivity index is 2.24. The largest absolute Gasteiger partial charge is 0.379 e. The standard InChI is InChI=1S/C13H18O4/c1-3-8-15-9-10-16-17-13(14)12-7-5-4-6-11(12)2/h4-7H,3,8-10H2,1-2H3. The van der Waals surface area contributed by atoms with Gasteiger partial charge >= 0.3 is 5.97 Å². The summed E-state index contributed by atoms with van der Waals surface area (Å²) >= 11 is 0. The van der Waals surface area contributed by atoms with Crippen LogP contribution in [0.5, 0.6) is 0 Å². The van der Waals surface area contributed by atoms with Crippen LogP contribution in [0.25, 0.3) is 0 Å². The summed E-state index contributed by atoms with van der Waals surface area (Å²) in [6, 6.07) is 7.20. The van der Waals surface area contributed by atoms with E-state index in [1.54, 1.807) is 12.1 Å². The first-order valence-electron chi connectivity index (χ1n) is 5.73. The molecule has 0 heterocycles. The number of hydrogen-bond donors (Lipinski definition) is 0. The molecule has 4 nitrogen and oxygen atoms in total. The summed E-state index contributed by atoms with van der Waals surface area (Å²) < 4.78 is 5.18. The van der Waals surface area contributed by atoms with Gasteiger partial charge in [-0.2, -0.15) is 4.89 Å². The highest BCUT2D eigenvalue weighted by molar-refractivity contribution is 5.90. The van der Waals surface area contributed by atoms with Gasteiger partial charge in [0.25, 0.3) is 0 Å². The van der Waals surface area contributed by atoms with E-state index in [1.807, 2.05) is 26.0 Å². The summed E-state index contributed by atoms with van der Waals surface area (Å²) in [5.74, 6) is -0.474. The lowest BCUT2D eigenvalue weighted by molar-refractivity contribution is -0.247. The van der Waals surface area contributed by atoms with Crippen LogP contribution in [0.15, 0.2) is 24.3 Å². The highest BCUT2D eigenvalue weighted by Crippen LogP contribution is 2.08. The zero-order valence-electron chi connectivity index (χ0n) is 10.3. The van der Waals surface area contributed by atoms with E-state index in [1.165, 1.54) is 0 Å². The van der Waals surface area contributed by atoms with Gasteiger partial charge in [0.15, 0.2) is 0 Å². The molecule has 0 fully saturated rings. The number of hydrogen-bond acceptors (Lipinski definition) is 4. The molecule has 0 spiro atoms. The van der Waals surface area contributed by atoms with Crippen molar-refractivity contribution in [2.45, 2.75) is 20.3 Å². The first kappa shape index (κ1) is 13.7. The number of carbonyl (C=O) groups excluding carboxylic acids is 1. The molecule has 1 aromatic carbocycles. The van der Waals surface area contributed by atoms with Gasteiger partial charge in [-0.1, -0.05) is 25.1 Å². The SMILES string of the molecule is CCCOCCOOC(=O)c1ccccc1C. The molecule has 0 bridgehead atoms. The van der Waals surface area contributed by atoms with E-state index in [4.69, 9.17) is 9.62 Å². The number of ether oxygens (including phenoxy) is 1. The molecule has 0 aliphatic heterocycles. The second kappa shape index (κ2) is 7.81. The van der Waals surface area contributed by atoms with Crippen LogP contribution in [-0.2, 0) is 14.5 Å². The molecule has 0 saturated heterocycles. The first-order chi connectivity index (χ1) is 8.25. The van der Waals surface area contributed by atoms with Gasteiger partial charge < -0.3 is 4.74 Å². The zero-order chi connectivity index (χ0) is 12.5. The molecule has 0 amide bonds. The fraction of sp³-hybridized carbons (Fsp3) is 0.462. The van der Waals surface area contributed by atoms with Gasteiger partial charge in [0.1, 0.15) is 6.61 Å². The van der Waals surface area contributed by atoms with E-state index >= 15 is 0 Å². The predicted octanol–water partition coefficient (Wildman–Crippen LogP) is 2.51. The van der Waals surface area contributed by atoms with Crippen molar-refractivity contribution in [2.75, 3.05) is 19.8 Å². The summed E-state index contributed by atoms with van der Waals surface area (Å²) in [5.41, 5.74) is 1.38. The van der Waals surface area contributed by atoms with Gasteiger partial charge in [0.05, 0.1) is 12.2 Å². The molecule has 4 heteroatoms. The van der Waals surface area contributed by atoms with Gasteiger partial charge in [-0.25, -0.2) is 4.79 Å². The molecule has 94 valence electrons. The fourth-order valence-corrected chi connectivity index (χ4v) is 1.28. The molecule has 1 aromatic rings. The minimum Gasteiger partial charge on any atom is -0.379 e. The molecule has 17 heavy (non-hydrogen) atoms. The van der Waals surface area contributed by atoms with E-state index in [-0.39, 0.29) is 6.61 Å². The average molecular weight is 238 g/mol. The monoisotopic (exact) mass is 238 g/mol. The smallest absolute Gasteiger partial charge is 0.373 e. The van der Waals surface area contributed by atoms with Gasteiger partial charge in [-0.15, -0.1) is 0 Å². The number of aryl methyl sites for hydroxylation is 1. The lowest BCUT2D eigenvalue weighted by atomic mass is 10.1. The van der Waals surface area contributed by atoms with E-state index in [2.05, 4.69) is 4.89 Å². The Morgan fingerprint density at radius 3 is 2.65 bits per heavy atom. The molecule has 0 aliphatic rings. The molecule has 0 aliphatic carbocycles. The minimum absolute atomic E-state index is 0.248. The Labute approximate surface area is 101 Å². The minimum atomic E-state index is -0.474. The van der Waals surface area contributed by atoms with Crippen LogP contribution in [0, 0.1) is 6.92 Å². The Hall–Kier alpha value is -1.39. The van der Waals surface area contributed by atoms with Crippen molar-refractivity contribution in [3.8, 4) is 0 Å². The quantitative estimate of drug-likeness (QED) is 0.416. The van der Waals surface area contributed by atoms with E-state index in [9.17, 15) is 4.79 Å². The van der Waals surface area contributed by atoms with Crippen LogP contribution >= 0.6 is 0 Å². The molecule has 0 atom stereocenters. The lowest BCUT2D eigenvalue weighted by Gasteiger charge is -2.05. The van der Waals surface area contributed by atoms with Crippen LogP contribution in [0.4, 0.5) is 0 Å². The van der Waals surface area contributed by atoms with Gasteiger partial charge in [0, 0.05) is 6.61 Å². The number of benzene rings is 1. The highest BCUT2D eigenvalue weighted by atomic mass is 17.2. The van der Waals surface area contributed by atoms with E-state index in [0.29, 0.717) is 18.8 Å². The first-order valence-corrected chi connectivity index (χ1v) is 5.73. The summed E-state index contributed by atoms with van der Waals surface area (Å²) in [6.07, 6.45) is 0.961. The molecule has 0 saturated carbocycles. The molecule has 0 N–H and O–H groups in total. The van der Waals surface area contributed by atoms with Crippen LogP contribution in [0.2, 0.25) is 0 Å². The van der Waals surface area contributed by atoms with Crippen LogP contribution in [-0.4, -0.2) is 25.8 Å². The maximum atomic E-state index is 11.6. The van der Waals surface area contributed by atoms with Crippen molar-refractivity contribution >= 4 is 5.97 Å². The molecule has 0 radical (unpaired) electrons. The van der Waals surface area contributed by atoms with Crippen LogP contribution < -0.4 is 0 Å². The van der Waals surface area contributed by atoms with Crippen molar-refractivity contribution < 1.29 is 19.3 Å². The summed E-state index contributed by atoms with van der Waals surface area (Å²) in [5, 5.41) is 0. The summed E-state index contributed by atoms with van der Waals surface area (Å²) in [6.45, 7) is 5.24. The maximum absolute atomic E-state index is 11.6. The Morgan fingerprint density at radius 1 is 1.18 bits per heavy atom. The van der Waals surface area contributed by atoms with Crippen molar-refractivity contribution in [3.05, 3.63) is 35.4 Å². The second-order valence-electron chi connectivity index (χ2n) is 3.62. The lowest BCUT2D eigenvalue weighted by Crippen LogP contribution is -2.11.